The van der Waals surface area contributed by atoms with Crippen LogP contribution in [0.3, 0.4) is 0 Å². The van der Waals surface area contributed by atoms with Crippen molar-refractivity contribution in [2.24, 2.45) is 0 Å². The number of amides is 1. The summed E-state index contributed by atoms with van der Waals surface area (Å²) in [7, 11) is -3.90. The first kappa shape index (κ1) is 19.1. The van der Waals surface area contributed by atoms with Gasteiger partial charge < -0.3 is 9.05 Å². The Morgan fingerprint density at radius 3 is 2.00 bits per heavy atom. The minimum atomic E-state index is -3.90. The Bertz CT molecular complexity index is 807. The Hall–Kier alpha value is -1.65. The molecule has 5 nitrogen and oxygen atoms in total. The van der Waals surface area contributed by atoms with Gasteiger partial charge in [0.25, 0.3) is 5.91 Å². The normalized spacial score (nSPS) is 23.0. The fourth-order valence-electron chi connectivity index (χ4n) is 3.20. The maximum Gasteiger partial charge on any atom is 0.363 e. The molecule has 138 valence electrons. The van der Waals surface area contributed by atoms with Crippen LogP contribution >= 0.6 is 19.2 Å². The van der Waals surface area contributed by atoms with Gasteiger partial charge in [-0.3, -0.25) is 14.3 Å². The predicted molar refractivity (Wildman–Crippen MR) is 103 cm³/mol. The van der Waals surface area contributed by atoms with Gasteiger partial charge >= 0.3 is 7.60 Å². The number of β-lactam (4-membered cyclic amide) rings is 1. The van der Waals surface area contributed by atoms with Crippen LogP contribution in [0.25, 0.3) is 0 Å². The van der Waals surface area contributed by atoms with Gasteiger partial charge in [-0.25, -0.2) is 0 Å². The minimum absolute atomic E-state index is 0.131. The number of alkyl halides is 1. The Balaban J connectivity index is 2.12. The summed E-state index contributed by atoms with van der Waals surface area (Å²) in [5.41, 5.74) is 1.45. The highest BCUT2D eigenvalue weighted by atomic mass is 35.5. The van der Waals surface area contributed by atoms with E-state index in [2.05, 4.69) is 0 Å². The second kappa shape index (κ2) is 7.53. The zero-order valence-corrected chi connectivity index (χ0v) is 16.3. The number of anilines is 1. The summed E-state index contributed by atoms with van der Waals surface area (Å²) in [6.45, 7) is 3.65. The summed E-state index contributed by atoms with van der Waals surface area (Å²) in [5.74, 6) is -0.482. The van der Waals surface area contributed by atoms with Gasteiger partial charge in [0.2, 0.25) is 4.62 Å². The molecule has 0 saturated carbocycles. The molecule has 0 aliphatic carbocycles. The zero-order chi connectivity index (χ0) is 18.8. The highest BCUT2D eigenvalue weighted by Crippen LogP contribution is 2.72. The van der Waals surface area contributed by atoms with Gasteiger partial charge in [-0.1, -0.05) is 60.1 Å². The molecule has 2 atom stereocenters. The number of rotatable bonds is 7. The number of halogens is 1. The highest BCUT2D eigenvalue weighted by Gasteiger charge is 2.72. The smallest absolute Gasteiger partial charge is 0.307 e. The molecule has 0 spiro atoms. The Labute approximate surface area is 158 Å². The lowest BCUT2D eigenvalue weighted by Gasteiger charge is -2.53. The molecule has 0 N–H and O–H groups in total. The second-order valence-corrected chi connectivity index (χ2v) is 8.91. The van der Waals surface area contributed by atoms with Crippen molar-refractivity contribution in [2.75, 3.05) is 18.1 Å². The molecular formula is C19H21ClNO4P. The third-order valence-corrected chi connectivity index (χ3v) is 7.70. The molecule has 1 saturated heterocycles. The van der Waals surface area contributed by atoms with Gasteiger partial charge in [-0.2, -0.15) is 0 Å². The van der Waals surface area contributed by atoms with E-state index in [-0.39, 0.29) is 13.2 Å². The molecule has 7 heteroatoms. The topological polar surface area (TPSA) is 55.8 Å². The van der Waals surface area contributed by atoms with Crippen LogP contribution in [-0.2, 0) is 18.4 Å². The lowest BCUT2D eigenvalue weighted by atomic mass is 9.91. The third-order valence-electron chi connectivity index (χ3n) is 4.29. The zero-order valence-electron chi connectivity index (χ0n) is 14.7. The fraction of sp³-hybridized carbons (Fsp3) is 0.316. The Morgan fingerprint density at radius 2 is 1.50 bits per heavy atom. The van der Waals surface area contributed by atoms with Crippen LogP contribution in [0.4, 0.5) is 5.69 Å². The number of carbonyl (C=O) groups excluding carboxylic acids is 1. The SMILES string of the molecule is CCOP(=O)(OCC)[C@]1(Cl)C(=O)N(c2ccccc2)[C@H]1c1ccccc1. The number of hydrogen-bond donors (Lipinski definition) is 0. The van der Waals surface area contributed by atoms with Crippen molar-refractivity contribution in [1.29, 1.82) is 0 Å². The monoisotopic (exact) mass is 393 g/mol. The molecule has 2 aromatic carbocycles. The van der Waals surface area contributed by atoms with E-state index in [1.807, 2.05) is 60.7 Å². The molecule has 1 amide bonds. The van der Waals surface area contributed by atoms with E-state index >= 15 is 0 Å². The van der Waals surface area contributed by atoms with Crippen molar-refractivity contribution in [3.05, 3.63) is 66.2 Å². The average molecular weight is 394 g/mol. The van der Waals surface area contributed by atoms with Crippen molar-refractivity contribution in [2.45, 2.75) is 24.5 Å². The summed E-state index contributed by atoms with van der Waals surface area (Å²) >= 11 is 6.76. The summed E-state index contributed by atoms with van der Waals surface area (Å²) in [5, 5.41) is 0. The number of hydrogen-bond acceptors (Lipinski definition) is 4. The van der Waals surface area contributed by atoms with E-state index < -0.39 is 24.2 Å². The van der Waals surface area contributed by atoms with E-state index in [0.29, 0.717) is 5.69 Å². The molecule has 26 heavy (non-hydrogen) atoms. The van der Waals surface area contributed by atoms with E-state index in [0.717, 1.165) is 5.56 Å². The van der Waals surface area contributed by atoms with Gasteiger partial charge in [0.1, 0.15) is 6.04 Å². The summed E-state index contributed by atoms with van der Waals surface area (Å²) < 4.78 is 22.5. The predicted octanol–water partition coefficient (Wildman–Crippen LogP) is 4.98. The van der Waals surface area contributed by atoms with Gasteiger partial charge in [-0.15, -0.1) is 0 Å². The van der Waals surface area contributed by atoms with Crippen LogP contribution in [0.1, 0.15) is 25.5 Å². The largest absolute Gasteiger partial charge is 0.363 e. The molecule has 1 heterocycles. The minimum Gasteiger partial charge on any atom is -0.307 e. The lowest BCUT2D eigenvalue weighted by molar-refractivity contribution is -0.126. The summed E-state index contributed by atoms with van der Waals surface area (Å²) in [4.78, 5) is 14.7. The first-order valence-electron chi connectivity index (χ1n) is 8.51. The van der Waals surface area contributed by atoms with Gasteiger partial charge in [0.15, 0.2) is 0 Å². The van der Waals surface area contributed by atoms with Crippen LogP contribution in [0.15, 0.2) is 60.7 Å². The maximum absolute atomic E-state index is 13.5. The molecule has 0 unspecified atom stereocenters. The molecule has 1 aliphatic rings. The van der Waals surface area contributed by atoms with Crippen LogP contribution < -0.4 is 4.90 Å². The Morgan fingerprint density at radius 1 is 1.00 bits per heavy atom. The molecule has 1 fully saturated rings. The van der Waals surface area contributed by atoms with E-state index in [4.69, 9.17) is 20.6 Å². The number of carbonyl (C=O) groups is 1. The highest BCUT2D eigenvalue weighted by molar-refractivity contribution is 7.59. The second-order valence-electron chi connectivity index (χ2n) is 5.83. The van der Waals surface area contributed by atoms with Crippen LogP contribution in [-0.4, -0.2) is 23.7 Å². The Kier molecular flexibility index (Phi) is 5.54. The molecule has 3 rings (SSSR count). The van der Waals surface area contributed by atoms with Crippen LogP contribution in [0.5, 0.6) is 0 Å². The van der Waals surface area contributed by atoms with Crippen molar-refractivity contribution in [3.8, 4) is 0 Å². The first-order valence-corrected chi connectivity index (χ1v) is 10.4. The number of benzene rings is 2. The van der Waals surface area contributed by atoms with E-state index in [1.165, 1.54) is 0 Å². The molecule has 1 aliphatic heterocycles. The van der Waals surface area contributed by atoms with Crippen LogP contribution in [0.2, 0.25) is 0 Å². The quantitative estimate of drug-likeness (QED) is 0.378. The fourth-order valence-corrected chi connectivity index (χ4v) is 5.84. The van der Waals surface area contributed by atoms with Gasteiger partial charge in [0, 0.05) is 5.69 Å². The third kappa shape index (κ3) is 2.89. The van der Waals surface area contributed by atoms with E-state index in [1.54, 1.807) is 18.7 Å². The first-order chi connectivity index (χ1) is 12.5. The van der Waals surface area contributed by atoms with Crippen molar-refractivity contribution >= 4 is 30.8 Å². The molecule has 0 radical (unpaired) electrons. The summed E-state index contributed by atoms with van der Waals surface area (Å²) in [6.07, 6.45) is 0. The van der Waals surface area contributed by atoms with Crippen molar-refractivity contribution in [3.63, 3.8) is 0 Å². The number of para-hydroxylation sites is 1. The molecule has 0 bridgehead atoms. The van der Waals surface area contributed by atoms with Crippen molar-refractivity contribution < 1.29 is 18.4 Å². The molecule has 0 aromatic heterocycles. The lowest BCUT2D eigenvalue weighted by Crippen LogP contribution is -2.65. The van der Waals surface area contributed by atoms with E-state index in [9.17, 15) is 9.36 Å². The number of nitrogens with zero attached hydrogens (tertiary/aromatic N) is 1. The van der Waals surface area contributed by atoms with Crippen LogP contribution in [0, 0.1) is 0 Å². The standard InChI is InChI=1S/C19H21ClNO4P/c1-3-24-26(23,25-4-2)19(20)17(15-11-7-5-8-12-15)21(18(19)22)16-13-9-6-10-14-16/h5-14,17H,3-4H2,1-2H3/t17-,19-/m0/s1. The maximum atomic E-state index is 13.5. The molecule has 2 aromatic rings. The molecular weight excluding hydrogens is 373 g/mol. The average Bonchev–Trinajstić information content (AvgIpc) is 2.66. The summed E-state index contributed by atoms with van der Waals surface area (Å²) in [6, 6.07) is 17.8. The van der Waals surface area contributed by atoms with Crippen molar-refractivity contribution in [1.82, 2.24) is 0 Å². The van der Waals surface area contributed by atoms with Gasteiger partial charge in [-0.05, 0) is 31.5 Å². The van der Waals surface area contributed by atoms with Gasteiger partial charge in [0.05, 0.1) is 13.2 Å².